The van der Waals surface area contributed by atoms with E-state index in [1.54, 1.807) is 36.4 Å². The van der Waals surface area contributed by atoms with Crippen molar-refractivity contribution in [3.8, 4) is 0 Å². The summed E-state index contributed by atoms with van der Waals surface area (Å²) in [6, 6.07) is 20.9. The fraction of sp³-hybridized carbons (Fsp3) is 0.333. The molecule has 0 heterocycles. The van der Waals surface area contributed by atoms with E-state index in [0.717, 1.165) is 21.7 Å². The fourth-order valence-electron chi connectivity index (χ4n) is 4.20. The first-order chi connectivity index (χ1) is 18.5. The molecule has 0 bridgehead atoms. The van der Waals surface area contributed by atoms with Gasteiger partial charge < -0.3 is 10.2 Å². The zero-order valence-corrected chi connectivity index (χ0v) is 23.6. The van der Waals surface area contributed by atoms with Gasteiger partial charge >= 0.3 is 0 Å². The van der Waals surface area contributed by atoms with Crippen LogP contribution in [0.3, 0.4) is 0 Å². The Balaban J connectivity index is 2.07. The van der Waals surface area contributed by atoms with Gasteiger partial charge in [-0.05, 0) is 49.6 Å². The van der Waals surface area contributed by atoms with Crippen molar-refractivity contribution in [3.05, 3.63) is 101 Å². The highest BCUT2D eigenvalue weighted by atomic mass is 32.2. The van der Waals surface area contributed by atoms with Crippen molar-refractivity contribution in [2.24, 2.45) is 0 Å². The number of halogens is 1. The second kappa shape index (κ2) is 13.4. The molecule has 7 nitrogen and oxygen atoms in total. The number of nitrogens with one attached hydrogen (secondary N) is 1. The van der Waals surface area contributed by atoms with Gasteiger partial charge in [0.15, 0.2) is 0 Å². The summed E-state index contributed by atoms with van der Waals surface area (Å²) < 4.78 is 41.4. The van der Waals surface area contributed by atoms with E-state index in [4.69, 9.17) is 0 Å². The molecular formula is C30H36FN3O4S. The summed E-state index contributed by atoms with van der Waals surface area (Å²) in [5.41, 5.74) is 2.19. The van der Waals surface area contributed by atoms with E-state index in [0.29, 0.717) is 12.1 Å². The van der Waals surface area contributed by atoms with Crippen LogP contribution < -0.4 is 9.62 Å². The summed E-state index contributed by atoms with van der Waals surface area (Å²) in [5.74, 6) is -1.53. The Morgan fingerprint density at radius 3 is 2.26 bits per heavy atom. The van der Waals surface area contributed by atoms with Crippen LogP contribution in [0, 0.1) is 12.7 Å². The summed E-state index contributed by atoms with van der Waals surface area (Å²) in [6.07, 6.45) is 1.88. The van der Waals surface area contributed by atoms with Crippen molar-refractivity contribution in [1.29, 1.82) is 0 Å². The van der Waals surface area contributed by atoms with Crippen LogP contribution in [0.1, 0.15) is 37.0 Å². The number of aryl methyl sites for hydroxylation is 1. The molecule has 0 saturated heterocycles. The van der Waals surface area contributed by atoms with Crippen molar-refractivity contribution < 1.29 is 22.4 Å². The van der Waals surface area contributed by atoms with Gasteiger partial charge in [0.25, 0.3) is 0 Å². The molecule has 2 atom stereocenters. The Morgan fingerprint density at radius 2 is 1.64 bits per heavy atom. The zero-order chi connectivity index (χ0) is 28.6. The van der Waals surface area contributed by atoms with Gasteiger partial charge in [0.05, 0.1) is 11.9 Å². The smallest absolute Gasteiger partial charge is 0.244 e. The van der Waals surface area contributed by atoms with Crippen molar-refractivity contribution in [2.45, 2.75) is 52.2 Å². The highest BCUT2D eigenvalue weighted by Crippen LogP contribution is 2.22. The van der Waals surface area contributed by atoms with E-state index >= 15 is 0 Å². The maximum atomic E-state index is 14.8. The monoisotopic (exact) mass is 553 g/mol. The van der Waals surface area contributed by atoms with Crippen LogP contribution in [0.15, 0.2) is 78.9 Å². The van der Waals surface area contributed by atoms with Crippen molar-refractivity contribution in [3.63, 3.8) is 0 Å². The van der Waals surface area contributed by atoms with Gasteiger partial charge in [-0.25, -0.2) is 12.8 Å². The molecular weight excluding hydrogens is 517 g/mol. The maximum absolute atomic E-state index is 14.8. The van der Waals surface area contributed by atoms with Crippen LogP contribution >= 0.6 is 0 Å². The van der Waals surface area contributed by atoms with E-state index in [9.17, 15) is 22.4 Å². The van der Waals surface area contributed by atoms with E-state index < -0.39 is 34.3 Å². The Morgan fingerprint density at radius 1 is 0.974 bits per heavy atom. The molecule has 0 aromatic heterocycles. The average Bonchev–Trinajstić information content (AvgIpc) is 2.89. The molecule has 2 amide bonds. The Bertz CT molecular complexity index is 1380. The average molecular weight is 554 g/mol. The topological polar surface area (TPSA) is 86.8 Å². The second-order valence-corrected chi connectivity index (χ2v) is 11.7. The number of carbonyl (C=O) groups is 2. The van der Waals surface area contributed by atoms with Gasteiger partial charge in [0.2, 0.25) is 21.8 Å². The van der Waals surface area contributed by atoms with Crippen LogP contribution in [0.4, 0.5) is 10.1 Å². The second-order valence-electron chi connectivity index (χ2n) is 9.75. The van der Waals surface area contributed by atoms with Crippen LogP contribution in [0.5, 0.6) is 0 Å². The summed E-state index contributed by atoms with van der Waals surface area (Å²) in [6.45, 7) is 4.88. The molecule has 0 aliphatic rings. The summed E-state index contributed by atoms with van der Waals surface area (Å²) in [5, 5.41) is 2.95. The van der Waals surface area contributed by atoms with Gasteiger partial charge in [0, 0.05) is 24.6 Å². The van der Waals surface area contributed by atoms with Gasteiger partial charge in [0.1, 0.15) is 18.4 Å². The molecule has 0 saturated carbocycles. The molecule has 3 aromatic carbocycles. The minimum Gasteiger partial charge on any atom is -0.352 e. The number of hydrogen-bond acceptors (Lipinski definition) is 4. The van der Waals surface area contributed by atoms with Crippen LogP contribution in [0.25, 0.3) is 0 Å². The lowest BCUT2D eigenvalue weighted by Gasteiger charge is -2.34. The lowest BCUT2D eigenvalue weighted by Crippen LogP contribution is -2.54. The fourth-order valence-corrected chi connectivity index (χ4v) is 5.04. The van der Waals surface area contributed by atoms with Gasteiger partial charge in [-0.15, -0.1) is 0 Å². The van der Waals surface area contributed by atoms with Crippen LogP contribution in [0.2, 0.25) is 0 Å². The van der Waals surface area contributed by atoms with Crippen LogP contribution in [-0.4, -0.2) is 50.0 Å². The standard InChI is InChI=1S/C30H36FN3O4S/c1-5-23(3)32-30(36)28(19-24-13-7-6-8-14-24)33(20-25-15-9-10-17-27(25)31)29(35)21-34(39(4,37)38)26-16-11-12-22(2)18-26/h6-18,23,28H,5,19-21H2,1-4H3,(H,32,36)/t23-,28-/m0/s1. The lowest BCUT2D eigenvalue weighted by molar-refractivity contribution is -0.140. The number of benzene rings is 3. The molecule has 3 rings (SSSR count). The largest absolute Gasteiger partial charge is 0.352 e. The number of nitrogens with zero attached hydrogens (tertiary/aromatic N) is 2. The molecule has 208 valence electrons. The van der Waals surface area contributed by atoms with Crippen molar-refractivity contribution >= 4 is 27.5 Å². The maximum Gasteiger partial charge on any atom is 0.244 e. The van der Waals surface area contributed by atoms with Crippen molar-refractivity contribution in [2.75, 3.05) is 17.1 Å². The minimum atomic E-state index is -3.86. The Hall–Kier alpha value is -3.72. The van der Waals surface area contributed by atoms with Crippen LogP contribution in [-0.2, 0) is 32.6 Å². The predicted molar refractivity (Wildman–Crippen MR) is 152 cm³/mol. The van der Waals surface area contributed by atoms with Crippen molar-refractivity contribution in [1.82, 2.24) is 10.2 Å². The first-order valence-electron chi connectivity index (χ1n) is 12.9. The number of rotatable bonds is 12. The third-order valence-electron chi connectivity index (χ3n) is 6.54. The van der Waals surface area contributed by atoms with E-state index in [1.807, 2.05) is 57.2 Å². The normalized spacial score (nSPS) is 12.8. The van der Waals surface area contributed by atoms with Gasteiger partial charge in [-0.2, -0.15) is 0 Å². The number of anilines is 1. The molecule has 0 radical (unpaired) electrons. The molecule has 3 aromatic rings. The first-order valence-corrected chi connectivity index (χ1v) is 14.8. The van der Waals surface area contributed by atoms with E-state index in [-0.39, 0.29) is 30.5 Å². The SMILES string of the molecule is CC[C@H](C)NC(=O)[C@H](Cc1ccccc1)N(Cc1ccccc1F)C(=O)CN(c1cccc(C)c1)S(C)(=O)=O. The molecule has 9 heteroatoms. The molecule has 0 aliphatic carbocycles. The third-order valence-corrected chi connectivity index (χ3v) is 7.68. The molecule has 0 unspecified atom stereocenters. The van der Waals surface area contributed by atoms with E-state index in [1.165, 1.54) is 11.0 Å². The van der Waals surface area contributed by atoms with Gasteiger partial charge in [-0.3, -0.25) is 13.9 Å². The number of carbonyl (C=O) groups excluding carboxylic acids is 2. The Labute approximate surface area is 230 Å². The quantitative estimate of drug-likeness (QED) is 0.359. The predicted octanol–water partition coefficient (Wildman–Crippen LogP) is 4.45. The molecule has 39 heavy (non-hydrogen) atoms. The summed E-state index contributed by atoms with van der Waals surface area (Å²) >= 11 is 0. The highest BCUT2D eigenvalue weighted by molar-refractivity contribution is 7.92. The third kappa shape index (κ3) is 8.38. The zero-order valence-electron chi connectivity index (χ0n) is 22.8. The Kier molecular flexibility index (Phi) is 10.2. The summed E-state index contributed by atoms with van der Waals surface area (Å²) in [7, 11) is -3.86. The first kappa shape index (κ1) is 29.8. The summed E-state index contributed by atoms with van der Waals surface area (Å²) in [4.78, 5) is 28.9. The molecule has 0 fully saturated rings. The highest BCUT2D eigenvalue weighted by Gasteiger charge is 2.33. The molecule has 0 spiro atoms. The van der Waals surface area contributed by atoms with E-state index in [2.05, 4.69) is 5.32 Å². The molecule has 0 aliphatic heterocycles. The minimum absolute atomic E-state index is 0.152. The number of amides is 2. The lowest BCUT2D eigenvalue weighted by atomic mass is 10.0. The molecule has 1 N–H and O–H groups in total. The number of hydrogen-bond donors (Lipinski definition) is 1. The number of sulfonamides is 1. The van der Waals surface area contributed by atoms with Gasteiger partial charge in [-0.1, -0.05) is 67.6 Å².